The van der Waals surface area contributed by atoms with Crippen LogP contribution in [0.5, 0.6) is 5.75 Å². The zero-order chi connectivity index (χ0) is 21.8. The number of nitrogens with zero attached hydrogens (tertiary/aromatic N) is 4. The third-order valence-corrected chi connectivity index (χ3v) is 6.65. The Kier molecular flexibility index (Phi) is 6.49. The summed E-state index contributed by atoms with van der Waals surface area (Å²) in [7, 11) is -2.98. The molecule has 164 valence electrons. The van der Waals surface area contributed by atoms with Crippen LogP contribution in [0.15, 0.2) is 35.5 Å². The molecule has 0 aliphatic carbocycles. The molecule has 0 aromatic carbocycles. The standard InChI is InChI=1S/C19H23F3N4O3S/c1-18(8-11-30(27,28)12-9-18)17-24-16-6-5-15(13-26(16)25-17)29-14-23-10-4-2-3-7-19(20,21)22/h2,4-6,10,13H,3,7-9,11-12,14H2,1H3/b4-2-,23-10-. The van der Waals surface area contributed by atoms with Gasteiger partial charge in [0.15, 0.2) is 18.2 Å². The van der Waals surface area contributed by atoms with Gasteiger partial charge < -0.3 is 4.74 Å². The highest BCUT2D eigenvalue weighted by Crippen LogP contribution is 2.34. The third-order valence-electron chi connectivity index (χ3n) is 5.00. The molecule has 0 spiro atoms. The second-order valence-electron chi connectivity index (χ2n) is 7.50. The zero-order valence-corrected chi connectivity index (χ0v) is 17.3. The maximum Gasteiger partial charge on any atom is 0.389 e. The average molecular weight is 444 g/mol. The Hall–Kier alpha value is -2.43. The lowest BCUT2D eigenvalue weighted by molar-refractivity contribution is -0.133. The number of aromatic nitrogens is 3. The van der Waals surface area contributed by atoms with Gasteiger partial charge in [-0.25, -0.2) is 17.9 Å². The maximum absolute atomic E-state index is 12.0. The fourth-order valence-electron chi connectivity index (χ4n) is 3.04. The Morgan fingerprint density at radius 3 is 2.73 bits per heavy atom. The van der Waals surface area contributed by atoms with E-state index in [4.69, 9.17) is 4.74 Å². The highest BCUT2D eigenvalue weighted by atomic mass is 32.2. The lowest BCUT2D eigenvalue weighted by Gasteiger charge is -2.30. The number of fused-ring (bicyclic) bond motifs is 1. The molecule has 11 heteroatoms. The van der Waals surface area contributed by atoms with E-state index in [1.165, 1.54) is 18.4 Å². The molecule has 1 aliphatic rings. The number of hydrogen-bond donors (Lipinski definition) is 0. The van der Waals surface area contributed by atoms with Crippen LogP contribution in [0.2, 0.25) is 0 Å². The highest BCUT2D eigenvalue weighted by molar-refractivity contribution is 7.91. The van der Waals surface area contributed by atoms with Gasteiger partial charge in [0.05, 0.1) is 17.7 Å². The Bertz CT molecular complexity index is 1030. The minimum atomic E-state index is -4.16. The monoisotopic (exact) mass is 444 g/mol. The Labute approximate surface area is 172 Å². The second kappa shape index (κ2) is 8.75. The molecule has 0 radical (unpaired) electrons. The van der Waals surface area contributed by atoms with Crippen LogP contribution in [-0.4, -0.2) is 53.6 Å². The van der Waals surface area contributed by atoms with Gasteiger partial charge in [-0.2, -0.15) is 18.3 Å². The number of hydrogen-bond acceptors (Lipinski definition) is 6. The van der Waals surface area contributed by atoms with E-state index in [-0.39, 0.29) is 30.1 Å². The number of allylic oxidation sites excluding steroid dienone is 2. The Morgan fingerprint density at radius 2 is 2.03 bits per heavy atom. The first-order valence-electron chi connectivity index (χ1n) is 9.48. The Balaban J connectivity index is 1.56. The summed E-state index contributed by atoms with van der Waals surface area (Å²) >= 11 is 0. The number of aliphatic imine (C=N–C) groups is 1. The first-order chi connectivity index (χ1) is 14.1. The van der Waals surface area contributed by atoms with Gasteiger partial charge in [0.1, 0.15) is 15.6 Å². The lowest BCUT2D eigenvalue weighted by Crippen LogP contribution is -2.35. The van der Waals surface area contributed by atoms with Gasteiger partial charge >= 0.3 is 6.18 Å². The van der Waals surface area contributed by atoms with Crippen molar-refractivity contribution in [1.82, 2.24) is 14.6 Å². The normalized spacial score (nSPS) is 19.1. The average Bonchev–Trinajstić information content (AvgIpc) is 3.10. The molecule has 2 aromatic rings. The summed E-state index contributed by atoms with van der Waals surface area (Å²) in [6, 6.07) is 3.46. The molecule has 0 amide bonds. The molecule has 1 fully saturated rings. The van der Waals surface area contributed by atoms with Crippen LogP contribution < -0.4 is 4.74 Å². The van der Waals surface area contributed by atoms with E-state index in [0.717, 1.165) is 0 Å². The summed E-state index contributed by atoms with van der Waals surface area (Å²) in [6.45, 7) is 1.98. The Morgan fingerprint density at radius 1 is 1.30 bits per heavy atom. The van der Waals surface area contributed by atoms with Crippen molar-refractivity contribution in [1.29, 1.82) is 0 Å². The molecule has 1 saturated heterocycles. The van der Waals surface area contributed by atoms with Gasteiger partial charge in [0, 0.05) is 18.1 Å². The van der Waals surface area contributed by atoms with Crippen LogP contribution in [0.4, 0.5) is 13.2 Å². The van der Waals surface area contributed by atoms with Gasteiger partial charge in [0.2, 0.25) is 0 Å². The molecule has 0 saturated carbocycles. The number of halogens is 3. The number of rotatable bonds is 7. The van der Waals surface area contributed by atoms with E-state index in [9.17, 15) is 21.6 Å². The summed E-state index contributed by atoms with van der Waals surface area (Å²) in [4.78, 5) is 8.50. The molecular weight excluding hydrogens is 421 g/mol. The van der Waals surface area contributed by atoms with Crippen molar-refractivity contribution < 1.29 is 26.3 Å². The predicted octanol–water partition coefficient (Wildman–Crippen LogP) is 3.50. The van der Waals surface area contributed by atoms with Gasteiger partial charge in [-0.3, -0.25) is 4.99 Å². The lowest BCUT2D eigenvalue weighted by atomic mass is 9.83. The van der Waals surface area contributed by atoms with Crippen LogP contribution in [0, 0.1) is 0 Å². The molecule has 3 heterocycles. The molecule has 7 nitrogen and oxygen atoms in total. The molecular formula is C19H23F3N4O3S. The van der Waals surface area contributed by atoms with E-state index < -0.39 is 22.4 Å². The first kappa shape index (κ1) is 22.3. The van der Waals surface area contributed by atoms with Crippen molar-refractivity contribution in [2.45, 2.75) is 44.2 Å². The molecule has 30 heavy (non-hydrogen) atoms. The summed E-state index contributed by atoms with van der Waals surface area (Å²) in [6.07, 6.45) is 1.77. The van der Waals surface area contributed by atoms with E-state index in [0.29, 0.717) is 30.1 Å². The number of pyridine rings is 1. The number of alkyl halides is 3. The molecule has 0 N–H and O–H groups in total. The van der Waals surface area contributed by atoms with E-state index >= 15 is 0 Å². The zero-order valence-electron chi connectivity index (χ0n) is 16.5. The number of sulfone groups is 1. The van der Waals surface area contributed by atoms with Crippen LogP contribution in [-0.2, 0) is 15.3 Å². The topological polar surface area (TPSA) is 85.9 Å². The van der Waals surface area contributed by atoms with Crippen LogP contribution in [0.3, 0.4) is 0 Å². The number of ether oxygens (including phenoxy) is 1. The molecule has 2 aromatic heterocycles. The predicted molar refractivity (Wildman–Crippen MR) is 107 cm³/mol. The van der Waals surface area contributed by atoms with Crippen molar-refractivity contribution in [2.24, 2.45) is 4.99 Å². The van der Waals surface area contributed by atoms with E-state index in [2.05, 4.69) is 15.1 Å². The first-order valence-corrected chi connectivity index (χ1v) is 11.3. The van der Waals surface area contributed by atoms with E-state index in [1.54, 1.807) is 22.8 Å². The fraction of sp³-hybridized carbons (Fsp3) is 0.526. The highest BCUT2D eigenvalue weighted by Gasteiger charge is 2.37. The van der Waals surface area contributed by atoms with Crippen LogP contribution in [0.1, 0.15) is 38.4 Å². The minimum absolute atomic E-state index is 0.00620. The van der Waals surface area contributed by atoms with Crippen molar-refractivity contribution >= 4 is 21.7 Å². The largest absolute Gasteiger partial charge is 0.470 e. The molecule has 0 atom stereocenters. The van der Waals surface area contributed by atoms with Gasteiger partial charge in [-0.15, -0.1) is 0 Å². The summed E-state index contributed by atoms with van der Waals surface area (Å²) in [5.74, 6) is 1.39. The molecule has 0 unspecified atom stereocenters. The van der Waals surface area contributed by atoms with Crippen molar-refractivity contribution in [3.8, 4) is 5.75 Å². The molecule has 1 aliphatic heterocycles. The summed E-state index contributed by atoms with van der Waals surface area (Å²) in [5.41, 5.74) is 0.240. The maximum atomic E-state index is 12.0. The third kappa shape index (κ3) is 6.04. The smallest absolute Gasteiger partial charge is 0.389 e. The second-order valence-corrected chi connectivity index (χ2v) is 9.81. The minimum Gasteiger partial charge on any atom is -0.470 e. The SMILES string of the molecule is CC1(c2nc3ccc(OC/N=C\C=C/CCC(F)(F)F)cn3n2)CCS(=O)(=O)CC1. The quantitative estimate of drug-likeness (QED) is 0.610. The van der Waals surface area contributed by atoms with Crippen LogP contribution in [0.25, 0.3) is 5.65 Å². The summed E-state index contributed by atoms with van der Waals surface area (Å²) < 4.78 is 66.5. The molecule has 3 rings (SSSR count). The fourth-order valence-corrected chi connectivity index (χ4v) is 4.76. The van der Waals surface area contributed by atoms with Gasteiger partial charge in [-0.05, 0) is 37.5 Å². The van der Waals surface area contributed by atoms with Gasteiger partial charge in [-0.1, -0.05) is 13.0 Å². The molecule has 0 bridgehead atoms. The van der Waals surface area contributed by atoms with Crippen molar-refractivity contribution in [2.75, 3.05) is 18.2 Å². The van der Waals surface area contributed by atoms with Crippen molar-refractivity contribution in [3.63, 3.8) is 0 Å². The summed E-state index contributed by atoms with van der Waals surface area (Å²) in [5, 5.41) is 4.50. The van der Waals surface area contributed by atoms with Crippen LogP contribution >= 0.6 is 0 Å². The van der Waals surface area contributed by atoms with E-state index in [1.807, 2.05) is 6.92 Å². The van der Waals surface area contributed by atoms with Crippen molar-refractivity contribution in [3.05, 3.63) is 36.3 Å². The van der Waals surface area contributed by atoms with Gasteiger partial charge in [0.25, 0.3) is 0 Å².